The molecule has 0 unspecified atom stereocenters. The minimum absolute atomic E-state index is 0.223. The lowest BCUT2D eigenvalue weighted by molar-refractivity contribution is 0.167. The molecule has 5 rings (SSSR count). The Labute approximate surface area is 190 Å². The number of aromatic hydroxyl groups is 1. The van der Waals surface area contributed by atoms with Gasteiger partial charge in [0.15, 0.2) is 5.65 Å². The second-order valence-corrected chi connectivity index (χ2v) is 8.90. The van der Waals surface area contributed by atoms with Gasteiger partial charge in [0, 0.05) is 17.3 Å². The molecule has 0 aromatic carbocycles. The van der Waals surface area contributed by atoms with E-state index >= 15 is 0 Å². The van der Waals surface area contributed by atoms with Crippen LogP contribution in [0.2, 0.25) is 0 Å². The Kier molecular flexibility index (Phi) is 5.88. The van der Waals surface area contributed by atoms with E-state index in [9.17, 15) is 9.90 Å². The van der Waals surface area contributed by atoms with Crippen LogP contribution < -0.4 is 21.8 Å². The Morgan fingerprint density at radius 2 is 1.94 bits per heavy atom. The molecular weight excluding hydrogens is 422 g/mol. The number of rotatable bonds is 7. The second kappa shape index (κ2) is 8.97. The summed E-state index contributed by atoms with van der Waals surface area (Å²) in [5.74, 6) is 0.315. The Morgan fingerprint density at radius 3 is 2.58 bits per heavy atom. The molecule has 176 valence electrons. The van der Waals surface area contributed by atoms with E-state index < -0.39 is 5.69 Å². The van der Waals surface area contributed by atoms with Crippen LogP contribution in [0, 0.1) is 0 Å². The molecule has 4 N–H and O–H groups in total. The zero-order valence-electron chi connectivity index (χ0n) is 19.1. The van der Waals surface area contributed by atoms with Gasteiger partial charge in [0.25, 0.3) is 5.62 Å². The van der Waals surface area contributed by atoms with Crippen LogP contribution in [0.4, 0.5) is 5.95 Å². The van der Waals surface area contributed by atoms with Crippen molar-refractivity contribution in [2.75, 3.05) is 18.4 Å². The molecule has 2 aliphatic carbocycles. The normalized spacial score (nSPS) is 22.5. The number of aromatic nitrogens is 6. The third kappa shape index (κ3) is 4.63. The van der Waals surface area contributed by atoms with E-state index in [-0.39, 0.29) is 17.6 Å². The van der Waals surface area contributed by atoms with E-state index in [2.05, 4.69) is 44.1 Å². The van der Waals surface area contributed by atoms with Crippen LogP contribution in [0.3, 0.4) is 0 Å². The molecule has 11 heteroatoms. The number of nitrogens with zero attached hydrogens (tertiary/aromatic N) is 6. The molecule has 3 aromatic heterocycles. The smallest absolute Gasteiger partial charge is 0.326 e. The van der Waals surface area contributed by atoms with E-state index in [0.29, 0.717) is 34.5 Å². The molecule has 0 spiro atoms. The number of H-pyrrole nitrogens is 2. The predicted octanol–water partition coefficient (Wildman–Crippen LogP) is 0.522. The lowest BCUT2D eigenvalue weighted by atomic mass is 9.90. The quantitative estimate of drug-likeness (QED) is 0.409. The van der Waals surface area contributed by atoms with Crippen LogP contribution >= 0.6 is 0 Å². The molecule has 11 nitrogen and oxygen atoms in total. The van der Waals surface area contributed by atoms with Gasteiger partial charge in [-0.05, 0) is 57.7 Å². The van der Waals surface area contributed by atoms with Crippen molar-refractivity contribution in [1.82, 2.24) is 34.4 Å². The van der Waals surface area contributed by atoms with Crippen LogP contribution in [0.25, 0.3) is 11.7 Å². The first-order valence-electron chi connectivity index (χ1n) is 11.9. The van der Waals surface area contributed by atoms with Gasteiger partial charge in [-0.25, -0.2) is 9.79 Å². The average Bonchev–Trinajstić information content (AvgIpc) is 3.44. The third-order valence-electron chi connectivity index (χ3n) is 6.62. The highest BCUT2D eigenvalue weighted by Gasteiger charge is 2.25. The number of fused-ring (bicyclic) bond motifs is 1. The molecule has 2 saturated carbocycles. The molecule has 0 saturated heterocycles. The molecule has 2 fully saturated rings. The van der Waals surface area contributed by atoms with Crippen molar-refractivity contribution in [1.29, 1.82) is 0 Å². The maximum absolute atomic E-state index is 11.5. The first-order valence-corrected chi connectivity index (χ1v) is 11.9. The lowest BCUT2D eigenvalue weighted by Gasteiger charge is -2.36. The maximum Gasteiger partial charge on any atom is 0.326 e. The SMILES string of the molecule is CCN(CC)C1CCC(Nc2nc(=NC3CC3)n3nc/c(=C\c4[nH]c(=O)[nH]c4O)c3n2)CC1. The van der Waals surface area contributed by atoms with Crippen molar-refractivity contribution in [3.05, 3.63) is 33.2 Å². The van der Waals surface area contributed by atoms with Gasteiger partial charge in [0.2, 0.25) is 11.8 Å². The minimum Gasteiger partial charge on any atom is -0.493 e. The summed E-state index contributed by atoms with van der Waals surface area (Å²) in [5.41, 5.74) is 0.897. The highest BCUT2D eigenvalue weighted by Crippen LogP contribution is 2.25. The average molecular weight is 454 g/mol. The number of imidazole rings is 1. The number of hydrogen-bond acceptors (Lipinski definition) is 8. The summed E-state index contributed by atoms with van der Waals surface area (Å²) in [6.07, 6.45) is 9.86. The predicted molar refractivity (Wildman–Crippen MR) is 124 cm³/mol. The summed E-state index contributed by atoms with van der Waals surface area (Å²) in [7, 11) is 0. The molecular formula is C22H31N9O2. The lowest BCUT2D eigenvalue weighted by Crippen LogP contribution is -2.40. The van der Waals surface area contributed by atoms with Gasteiger partial charge in [-0.2, -0.15) is 19.6 Å². The zero-order valence-corrected chi connectivity index (χ0v) is 19.1. The summed E-state index contributed by atoms with van der Waals surface area (Å²) >= 11 is 0. The van der Waals surface area contributed by atoms with Crippen LogP contribution in [0.1, 0.15) is 58.1 Å². The van der Waals surface area contributed by atoms with Crippen LogP contribution in [0.5, 0.6) is 5.88 Å². The topological polar surface area (TPSA) is 140 Å². The Hall–Kier alpha value is -3.21. The molecule has 0 atom stereocenters. The largest absolute Gasteiger partial charge is 0.493 e. The van der Waals surface area contributed by atoms with Gasteiger partial charge in [-0.3, -0.25) is 4.98 Å². The standard InChI is InChI=1S/C22H31N9O2/c1-3-30(4-2)16-9-7-14(8-10-16)24-20-27-18-13(11-17-19(32)28-22(33)26-17)12-23-31(18)21(29-20)25-15-5-6-15/h11-12,14-16,32H,3-10H2,1-2H3,(H,24,25,29)(H2,26,28,33)/b13-11+. The molecule has 2 aliphatic rings. The van der Waals surface area contributed by atoms with Crippen molar-refractivity contribution in [2.24, 2.45) is 4.99 Å². The van der Waals surface area contributed by atoms with Crippen molar-refractivity contribution in [2.45, 2.75) is 70.5 Å². The van der Waals surface area contributed by atoms with Gasteiger partial charge < -0.3 is 20.3 Å². The molecule has 0 bridgehead atoms. The van der Waals surface area contributed by atoms with Crippen LogP contribution in [0.15, 0.2) is 16.0 Å². The van der Waals surface area contributed by atoms with Crippen molar-refractivity contribution in [3.63, 3.8) is 0 Å². The Balaban J connectivity index is 1.46. The van der Waals surface area contributed by atoms with E-state index in [1.807, 2.05) is 0 Å². The first-order chi connectivity index (χ1) is 16.0. The van der Waals surface area contributed by atoms with E-state index in [1.54, 1.807) is 16.8 Å². The van der Waals surface area contributed by atoms with Gasteiger partial charge >= 0.3 is 5.69 Å². The van der Waals surface area contributed by atoms with Crippen molar-refractivity contribution in [3.8, 4) is 5.88 Å². The second-order valence-electron chi connectivity index (χ2n) is 8.90. The van der Waals surface area contributed by atoms with E-state index in [0.717, 1.165) is 51.6 Å². The molecule has 0 amide bonds. The highest BCUT2D eigenvalue weighted by molar-refractivity contribution is 5.57. The number of nitrogens with one attached hydrogen (secondary N) is 3. The maximum atomic E-state index is 11.5. The minimum atomic E-state index is -0.475. The zero-order chi connectivity index (χ0) is 22.9. The van der Waals surface area contributed by atoms with Crippen molar-refractivity contribution < 1.29 is 5.11 Å². The van der Waals surface area contributed by atoms with Gasteiger partial charge in [0.05, 0.1) is 12.2 Å². The van der Waals surface area contributed by atoms with Gasteiger partial charge in [0.1, 0.15) is 5.69 Å². The Bertz CT molecular complexity index is 1290. The van der Waals surface area contributed by atoms with Crippen LogP contribution in [-0.2, 0) is 0 Å². The van der Waals surface area contributed by atoms with E-state index in [1.165, 1.54) is 0 Å². The molecule has 3 aromatic rings. The fourth-order valence-corrected chi connectivity index (χ4v) is 4.65. The summed E-state index contributed by atoms with van der Waals surface area (Å²) in [6.45, 7) is 6.64. The number of hydrogen-bond donors (Lipinski definition) is 4. The summed E-state index contributed by atoms with van der Waals surface area (Å²) in [5, 5.41) is 18.5. The third-order valence-corrected chi connectivity index (χ3v) is 6.62. The molecule has 0 aliphatic heterocycles. The Morgan fingerprint density at radius 1 is 1.18 bits per heavy atom. The van der Waals surface area contributed by atoms with Gasteiger partial charge in [-0.15, -0.1) is 0 Å². The van der Waals surface area contributed by atoms with Crippen LogP contribution in [-0.4, -0.2) is 70.8 Å². The number of anilines is 1. The highest BCUT2D eigenvalue weighted by atomic mass is 16.3. The first kappa shape index (κ1) is 21.6. The van der Waals surface area contributed by atoms with Crippen molar-refractivity contribution >= 4 is 17.7 Å². The van der Waals surface area contributed by atoms with E-state index in [4.69, 9.17) is 9.98 Å². The molecule has 33 heavy (non-hydrogen) atoms. The number of aromatic amines is 2. The summed E-state index contributed by atoms with van der Waals surface area (Å²) in [4.78, 5) is 33.1. The summed E-state index contributed by atoms with van der Waals surface area (Å²) in [6, 6.07) is 1.24. The molecule has 0 radical (unpaired) electrons. The molecule has 3 heterocycles. The monoisotopic (exact) mass is 453 g/mol. The fourth-order valence-electron chi connectivity index (χ4n) is 4.65. The fraction of sp³-hybridized carbons (Fsp3) is 0.591. The summed E-state index contributed by atoms with van der Waals surface area (Å²) < 4.78 is 1.62. The van der Waals surface area contributed by atoms with Gasteiger partial charge in [-0.1, -0.05) is 13.8 Å².